The van der Waals surface area contributed by atoms with Gasteiger partial charge in [0.2, 0.25) is 0 Å². The molecular formula is C17H11F9N4O8. The number of esters is 1. The number of benzene rings is 1. The molecule has 1 fully saturated rings. The van der Waals surface area contributed by atoms with Crippen LogP contribution < -0.4 is 10.1 Å². The monoisotopic (exact) mass is 570 g/mol. The Bertz CT molecular complexity index is 1130. The van der Waals surface area contributed by atoms with E-state index in [0.29, 0.717) is 6.07 Å². The number of carbonyl (C=O) groups excluding carboxylic acids is 2. The van der Waals surface area contributed by atoms with Crippen LogP contribution >= 0.6 is 0 Å². The van der Waals surface area contributed by atoms with Crippen molar-refractivity contribution in [2.75, 3.05) is 19.8 Å². The summed E-state index contributed by atoms with van der Waals surface area (Å²) in [6.45, 7) is -2.57. The number of hydrogen-bond acceptors (Lipinski definition) is 10. The van der Waals surface area contributed by atoms with E-state index < -0.39 is 89.8 Å². The molecule has 3 rings (SSSR count). The van der Waals surface area contributed by atoms with Crippen molar-refractivity contribution in [1.82, 2.24) is 5.32 Å². The summed E-state index contributed by atoms with van der Waals surface area (Å²) in [6, 6.07) is 2.07. The molecule has 0 aliphatic carbocycles. The van der Waals surface area contributed by atoms with Crippen molar-refractivity contribution >= 4 is 17.7 Å². The zero-order valence-corrected chi connectivity index (χ0v) is 17.9. The highest BCUT2D eigenvalue weighted by atomic mass is 19.4. The molecule has 2 heterocycles. The molecular weight excluding hydrogens is 559 g/mol. The Morgan fingerprint density at radius 2 is 1.63 bits per heavy atom. The average molecular weight is 570 g/mol. The quantitative estimate of drug-likeness (QED) is 0.164. The molecule has 0 saturated carbocycles. The predicted octanol–water partition coefficient (Wildman–Crippen LogP) is 3.64. The largest absolute Gasteiger partial charge is 0.490 e. The summed E-state index contributed by atoms with van der Waals surface area (Å²) in [5.74, 6) is -7.78. The van der Waals surface area contributed by atoms with Crippen LogP contribution in [0.1, 0.15) is 5.56 Å². The van der Waals surface area contributed by atoms with Gasteiger partial charge in [0.15, 0.2) is 6.10 Å². The number of halogens is 9. The molecule has 0 spiro atoms. The molecule has 2 aliphatic rings. The summed E-state index contributed by atoms with van der Waals surface area (Å²) >= 11 is 0. The van der Waals surface area contributed by atoms with Crippen molar-refractivity contribution in [1.29, 1.82) is 0 Å². The van der Waals surface area contributed by atoms with Crippen molar-refractivity contribution in [3.8, 4) is 5.75 Å². The van der Waals surface area contributed by atoms with Crippen molar-refractivity contribution < 1.29 is 73.0 Å². The molecule has 210 valence electrons. The Morgan fingerprint density at radius 1 is 1.03 bits per heavy atom. The first-order valence-corrected chi connectivity index (χ1v) is 9.71. The van der Waals surface area contributed by atoms with Gasteiger partial charge in [-0.1, -0.05) is 0 Å². The van der Waals surface area contributed by atoms with Crippen LogP contribution in [0.5, 0.6) is 5.75 Å². The topological polar surface area (TPSA) is 151 Å². The standard InChI is InChI=1S/C17H11F9N4O8/c18-15(19,20)13(28-29-13)7-3-8(30(33)34)5-9(4-7)35-1-2-36-12(32)27-6-10-11(31)38-14(37-10,16(21,22)23)17(24,25)26/h3-5,10H,1-2,6H2,(H,27,32)/t10-/m1/s1. The second-order valence-corrected chi connectivity index (χ2v) is 7.35. The number of non-ortho nitro benzene ring substituents is 1. The zero-order valence-electron chi connectivity index (χ0n) is 17.9. The van der Waals surface area contributed by atoms with E-state index in [1.54, 1.807) is 5.32 Å². The fourth-order valence-electron chi connectivity index (χ4n) is 2.95. The summed E-state index contributed by atoms with van der Waals surface area (Å²) in [7, 11) is 0. The molecule has 2 aliphatic heterocycles. The van der Waals surface area contributed by atoms with E-state index in [4.69, 9.17) is 4.74 Å². The van der Waals surface area contributed by atoms with Crippen molar-refractivity contribution in [2.45, 2.75) is 36.1 Å². The Labute approximate surface area is 202 Å². The molecule has 0 unspecified atom stereocenters. The lowest BCUT2D eigenvalue weighted by Crippen LogP contribution is -2.58. The molecule has 1 atom stereocenters. The molecule has 0 bridgehead atoms. The molecule has 0 radical (unpaired) electrons. The van der Waals surface area contributed by atoms with Crippen LogP contribution in [-0.4, -0.2) is 67.2 Å². The highest BCUT2D eigenvalue weighted by molar-refractivity contribution is 5.78. The number of rotatable bonds is 8. The molecule has 1 N–H and O–H groups in total. The predicted molar refractivity (Wildman–Crippen MR) is 96.3 cm³/mol. The van der Waals surface area contributed by atoms with Gasteiger partial charge < -0.3 is 24.3 Å². The van der Waals surface area contributed by atoms with E-state index in [-0.39, 0.29) is 0 Å². The Hall–Kier alpha value is -3.91. The third-order valence-corrected chi connectivity index (χ3v) is 4.78. The fourth-order valence-corrected chi connectivity index (χ4v) is 2.95. The van der Waals surface area contributed by atoms with E-state index in [1.165, 1.54) is 0 Å². The van der Waals surface area contributed by atoms with Crippen molar-refractivity contribution in [2.24, 2.45) is 10.2 Å². The minimum absolute atomic E-state index is 0.475. The number of nitro benzene ring substituents is 1. The summed E-state index contributed by atoms with van der Waals surface area (Å²) in [5, 5.41) is 18.5. The van der Waals surface area contributed by atoms with Crippen molar-refractivity contribution in [3.05, 3.63) is 33.9 Å². The van der Waals surface area contributed by atoms with Crippen LogP contribution in [0.3, 0.4) is 0 Å². The number of carbonyl (C=O) groups is 2. The van der Waals surface area contributed by atoms with Gasteiger partial charge in [-0.3, -0.25) is 10.1 Å². The van der Waals surface area contributed by atoms with Crippen LogP contribution in [0.4, 0.5) is 50.0 Å². The minimum atomic E-state index is -6.19. The highest BCUT2D eigenvalue weighted by Crippen LogP contribution is 2.53. The number of alkyl carbamates (subject to hydrolysis) is 1. The number of nitro groups is 1. The first kappa shape index (κ1) is 28.7. The molecule has 1 aromatic rings. The second kappa shape index (κ2) is 9.44. The van der Waals surface area contributed by atoms with E-state index >= 15 is 0 Å². The maximum Gasteiger partial charge on any atom is 0.465 e. The Balaban J connectivity index is 1.53. The molecule has 38 heavy (non-hydrogen) atoms. The number of amides is 1. The van der Waals surface area contributed by atoms with Gasteiger partial charge in [0.05, 0.1) is 17.5 Å². The van der Waals surface area contributed by atoms with Crippen molar-refractivity contribution in [3.63, 3.8) is 0 Å². The first-order chi connectivity index (χ1) is 17.3. The maximum atomic E-state index is 13.2. The fraction of sp³-hybridized carbons (Fsp3) is 0.529. The van der Waals surface area contributed by atoms with Gasteiger partial charge in [-0.2, -0.15) is 39.5 Å². The van der Waals surface area contributed by atoms with Crippen LogP contribution in [0.25, 0.3) is 0 Å². The first-order valence-electron chi connectivity index (χ1n) is 9.71. The molecule has 1 amide bonds. The van der Waals surface area contributed by atoms with Crippen LogP contribution in [0, 0.1) is 10.1 Å². The third kappa shape index (κ3) is 5.36. The number of nitrogens with zero attached hydrogens (tertiary/aromatic N) is 3. The molecule has 12 nitrogen and oxygen atoms in total. The summed E-state index contributed by atoms with van der Waals surface area (Å²) in [4.78, 5) is 33.1. The molecule has 1 aromatic carbocycles. The smallest absolute Gasteiger partial charge is 0.465 e. The summed E-state index contributed by atoms with van der Waals surface area (Å²) in [5.41, 5.74) is -4.55. The van der Waals surface area contributed by atoms with Gasteiger partial charge in [-0.15, -0.1) is 10.2 Å². The van der Waals surface area contributed by atoms with E-state index in [0.717, 1.165) is 12.1 Å². The number of ether oxygens (including phenoxy) is 4. The van der Waals surface area contributed by atoms with Gasteiger partial charge in [-0.25, -0.2) is 9.59 Å². The van der Waals surface area contributed by atoms with Gasteiger partial charge in [0.25, 0.3) is 5.69 Å². The highest BCUT2D eigenvalue weighted by Gasteiger charge is 2.80. The lowest BCUT2D eigenvalue weighted by molar-refractivity contribution is -0.439. The van der Waals surface area contributed by atoms with Crippen LogP contribution in [0.2, 0.25) is 0 Å². The number of cyclic esters (lactones) is 1. The van der Waals surface area contributed by atoms with Gasteiger partial charge in [-0.05, 0) is 6.07 Å². The minimum Gasteiger partial charge on any atom is -0.490 e. The van der Waals surface area contributed by atoms with Crippen LogP contribution in [0.15, 0.2) is 28.4 Å². The number of alkyl halides is 9. The van der Waals surface area contributed by atoms with Gasteiger partial charge in [0, 0.05) is 11.6 Å². The summed E-state index contributed by atoms with van der Waals surface area (Å²) < 4.78 is 134. The van der Waals surface area contributed by atoms with E-state index in [9.17, 15) is 59.2 Å². The van der Waals surface area contributed by atoms with E-state index in [1.807, 2.05) is 0 Å². The van der Waals surface area contributed by atoms with Gasteiger partial charge >= 0.3 is 42.0 Å². The zero-order chi connectivity index (χ0) is 28.7. The lowest BCUT2D eigenvalue weighted by atomic mass is 10.0. The Kier molecular flexibility index (Phi) is 7.12. The average Bonchev–Trinajstić information content (AvgIpc) is 3.52. The summed E-state index contributed by atoms with van der Waals surface area (Å²) in [6.07, 6.45) is -21.4. The van der Waals surface area contributed by atoms with Gasteiger partial charge in [0.1, 0.15) is 19.0 Å². The Morgan fingerprint density at radius 3 is 2.11 bits per heavy atom. The van der Waals surface area contributed by atoms with Crippen LogP contribution in [-0.2, 0) is 24.7 Å². The maximum absolute atomic E-state index is 13.2. The normalized spacial score (nSPS) is 20.0. The number of nitrogens with one attached hydrogen (secondary N) is 1. The molecule has 0 aromatic heterocycles. The number of hydrogen-bond donors (Lipinski definition) is 1. The second-order valence-electron chi connectivity index (χ2n) is 7.35. The SMILES string of the molecule is O=C(NC[C@H]1OC(C(F)(F)F)(C(F)(F)F)OC1=O)OCCOc1cc([N+](=O)[O-])cc(C2(C(F)(F)F)N=N2)c1. The lowest BCUT2D eigenvalue weighted by Gasteiger charge is -2.30. The molecule has 21 heteroatoms. The van der Waals surface area contributed by atoms with E-state index in [2.05, 4.69) is 24.4 Å². The molecule has 1 saturated heterocycles. The third-order valence-electron chi connectivity index (χ3n) is 4.78.